The lowest BCUT2D eigenvalue weighted by molar-refractivity contribution is 0.406. The number of hydrazine groups is 1. The SMILES string of the molecule is CCCCN=C(NN)N(C)C(C)CSC. The summed E-state index contributed by atoms with van der Waals surface area (Å²) in [5, 5.41) is 0. The van der Waals surface area contributed by atoms with Gasteiger partial charge in [0.25, 0.3) is 0 Å². The molecule has 4 nitrogen and oxygen atoms in total. The third-order valence-electron chi connectivity index (χ3n) is 2.31. The Kier molecular flexibility index (Phi) is 8.61. The van der Waals surface area contributed by atoms with Gasteiger partial charge in [0.1, 0.15) is 0 Å². The van der Waals surface area contributed by atoms with Gasteiger partial charge in [-0.3, -0.25) is 10.4 Å². The number of nitrogens with two attached hydrogens (primary N) is 1. The summed E-state index contributed by atoms with van der Waals surface area (Å²) in [5.74, 6) is 7.32. The van der Waals surface area contributed by atoms with Gasteiger partial charge in [0.15, 0.2) is 0 Å². The van der Waals surface area contributed by atoms with Crippen LogP contribution in [-0.4, -0.2) is 42.5 Å². The van der Waals surface area contributed by atoms with E-state index in [4.69, 9.17) is 5.84 Å². The van der Waals surface area contributed by atoms with Gasteiger partial charge in [-0.1, -0.05) is 13.3 Å². The van der Waals surface area contributed by atoms with Crippen molar-refractivity contribution >= 4 is 17.7 Å². The quantitative estimate of drug-likeness (QED) is 0.238. The summed E-state index contributed by atoms with van der Waals surface area (Å²) in [6.45, 7) is 5.17. The summed E-state index contributed by atoms with van der Waals surface area (Å²) in [4.78, 5) is 6.52. The average Bonchev–Trinajstić information content (AvgIpc) is 2.24. The molecule has 15 heavy (non-hydrogen) atoms. The Morgan fingerprint density at radius 2 is 2.27 bits per heavy atom. The van der Waals surface area contributed by atoms with Gasteiger partial charge in [-0.05, 0) is 19.6 Å². The maximum atomic E-state index is 5.46. The van der Waals surface area contributed by atoms with Crippen molar-refractivity contribution in [2.75, 3.05) is 25.6 Å². The number of guanidine groups is 1. The summed E-state index contributed by atoms with van der Waals surface area (Å²) in [6.07, 6.45) is 4.37. The fourth-order valence-electron chi connectivity index (χ4n) is 1.16. The molecular weight excluding hydrogens is 208 g/mol. The largest absolute Gasteiger partial charge is 0.341 e. The van der Waals surface area contributed by atoms with Crippen LogP contribution in [0.5, 0.6) is 0 Å². The molecule has 0 saturated heterocycles. The van der Waals surface area contributed by atoms with Gasteiger partial charge in [0.05, 0.1) is 0 Å². The summed E-state index contributed by atoms with van der Waals surface area (Å²) in [6, 6.07) is 0.441. The Hall–Kier alpha value is -0.420. The Balaban J connectivity index is 4.18. The maximum Gasteiger partial charge on any atom is 0.208 e. The molecule has 3 N–H and O–H groups in total. The maximum absolute atomic E-state index is 5.46. The molecular formula is C10H24N4S. The van der Waals surface area contributed by atoms with Crippen LogP contribution < -0.4 is 11.3 Å². The van der Waals surface area contributed by atoms with Crippen molar-refractivity contribution in [3.63, 3.8) is 0 Å². The molecule has 1 unspecified atom stereocenters. The zero-order chi connectivity index (χ0) is 11.7. The van der Waals surface area contributed by atoms with E-state index in [0.29, 0.717) is 6.04 Å². The van der Waals surface area contributed by atoms with Crippen molar-refractivity contribution in [3.05, 3.63) is 0 Å². The number of rotatable bonds is 6. The molecule has 0 rings (SSSR count). The standard InChI is InChI=1S/C10H24N4S/c1-5-6-7-12-10(13-11)14(3)9(2)8-15-4/h9H,5-8,11H2,1-4H3,(H,12,13). The Morgan fingerprint density at radius 3 is 2.73 bits per heavy atom. The van der Waals surface area contributed by atoms with Crippen LogP contribution in [0.3, 0.4) is 0 Å². The number of thioether (sulfide) groups is 1. The minimum absolute atomic E-state index is 0.441. The van der Waals surface area contributed by atoms with Gasteiger partial charge >= 0.3 is 0 Å². The lowest BCUT2D eigenvalue weighted by Crippen LogP contribution is -2.47. The van der Waals surface area contributed by atoms with Crippen molar-refractivity contribution in [3.8, 4) is 0 Å². The number of hydrogen-bond acceptors (Lipinski definition) is 3. The molecule has 0 aliphatic rings. The predicted octanol–water partition coefficient (Wildman–Crippen LogP) is 1.29. The summed E-state index contributed by atoms with van der Waals surface area (Å²) < 4.78 is 0. The molecule has 0 heterocycles. The van der Waals surface area contributed by atoms with E-state index < -0.39 is 0 Å². The fourth-order valence-corrected chi connectivity index (χ4v) is 1.87. The molecule has 0 radical (unpaired) electrons. The highest BCUT2D eigenvalue weighted by atomic mass is 32.2. The highest BCUT2D eigenvalue weighted by molar-refractivity contribution is 7.98. The van der Waals surface area contributed by atoms with Crippen LogP contribution in [-0.2, 0) is 0 Å². The third-order valence-corrected chi connectivity index (χ3v) is 3.12. The minimum atomic E-state index is 0.441. The highest BCUT2D eigenvalue weighted by Crippen LogP contribution is 2.03. The second-order valence-electron chi connectivity index (χ2n) is 3.62. The predicted molar refractivity (Wildman–Crippen MR) is 70.1 cm³/mol. The van der Waals surface area contributed by atoms with E-state index in [1.54, 1.807) is 0 Å². The first kappa shape index (κ1) is 14.6. The molecule has 0 aromatic heterocycles. The van der Waals surface area contributed by atoms with Gasteiger partial charge < -0.3 is 4.90 Å². The number of nitrogens with one attached hydrogen (secondary N) is 1. The lowest BCUT2D eigenvalue weighted by atomic mass is 10.3. The minimum Gasteiger partial charge on any atom is -0.341 e. The first-order valence-corrected chi connectivity index (χ1v) is 6.79. The van der Waals surface area contributed by atoms with Crippen LogP contribution in [0.15, 0.2) is 4.99 Å². The Bertz CT molecular complexity index is 184. The van der Waals surface area contributed by atoms with Crippen molar-refractivity contribution in [2.24, 2.45) is 10.8 Å². The van der Waals surface area contributed by atoms with Crippen LogP contribution in [0.4, 0.5) is 0 Å². The zero-order valence-corrected chi connectivity index (χ0v) is 11.1. The topological polar surface area (TPSA) is 53.6 Å². The van der Waals surface area contributed by atoms with Crippen LogP contribution in [0, 0.1) is 0 Å². The van der Waals surface area contributed by atoms with E-state index in [9.17, 15) is 0 Å². The lowest BCUT2D eigenvalue weighted by Gasteiger charge is -2.27. The molecule has 5 heteroatoms. The van der Waals surface area contributed by atoms with Crippen LogP contribution in [0.1, 0.15) is 26.7 Å². The van der Waals surface area contributed by atoms with Crippen LogP contribution >= 0.6 is 11.8 Å². The first-order chi connectivity index (χ1) is 7.17. The molecule has 0 fully saturated rings. The number of aliphatic imine (C=N–C) groups is 1. The van der Waals surface area contributed by atoms with Gasteiger partial charge in [-0.15, -0.1) is 0 Å². The third kappa shape index (κ3) is 5.89. The van der Waals surface area contributed by atoms with Crippen molar-refractivity contribution in [1.82, 2.24) is 10.3 Å². The van der Waals surface area contributed by atoms with E-state index >= 15 is 0 Å². The molecule has 0 spiro atoms. The molecule has 0 bridgehead atoms. The average molecular weight is 232 g/mol. The normalized spacial score (nSPS) is 13.8. The number of hydrogen-bond donors (Lipinski definition) is 2. The molecule has 0 amide bonds. The van der Waals surface area contributed by atoms with E-state index in [2.05, 4.69) is 35.4 Å². The van der Waals surface area contributed by atoms with Gasteiger partial charge in [-0.25, -0.2) is 5.84 Å². The van der Waals surface area contributed by atoms with E-state index in [1.807, 2.05) is 18.8 Å². The molecule has 0 aliphatic carbocycles. The van der Waals surface area contributed by atoms with Crippen molar-refractivity contribution < 1.29 is 0 Å². The van der Waals surface area contributed by atoms with E-state index in [1.165, 1.54) is 0 Å². The van der Waals surface area contributed by atoms with Crippen molar-refractivity contribution in [2.45, 2.75) is 32.7 Å². The highest BCUT2D eigenvalue weighted by Gasteiger charge is 2.11. The molecule has 1 atom stereocenters. The van der Waals surface area contributed by atoms with E-state index in [-0.39, 0.29) is 0 Å². The van der Waals surface area contributed by atoms with Gasteiger partial charge in [-0.2, -0.15) is 11.8 Å². The summed E-state index contributed by atoms with van der Waals surface area (Å²) in [7, 11) is 2.02. The second kappa shape index (κ2) is 8.85. The molecule has 0 aromatic carbocycles. The second-order valence-corrected chi connectivity index (χ2v) is 4.53. The van der Waals surface area contributed by atoms with E-state index in [0.717, 1.165) is 31.1 Å². The van der Waals surface area contributed by atoms with Gasteiger partial charge in [0.2, 0.25) is 5.96 Å². The molecule has 0 saturated carbocycles. The molecule has 90 valence electrons. The smallest absolute Gasteiger partial charge is 0.208 e. The first-order valence-electron chi connectivity index (χ1n) is 5.40. The summed E-state index contributed by atoms with van der Waals surface area (Å²) >= 11 is 1.83. The van der Waals surface area contributed by atoms with Crippen LogP contribution in [0.25, 0.3) is 0 Å². The fraction of sp³-hybridized carbons (Fsp3) is 0.900. The monoisotopic (exact) mass is 232 g/mol. The summed E-state index contributed by atoms with van der Waals surface area (Å²) in [5.41, 5.74) is 2.67. The number of nitrogens with zero attached hydrogens (tertiary/aromatic N) is 2. The van der Waals surface area contributed by atoms with Gasteiger partial charge in [0, 0.05) is 25.4 Å². The molecule has 0 aliphatic heterocycles. The Morgan fingerprint density at radius 1 is 1.60 bits per heavy atom. The number of unbranched alkanes of at least 4 members (excludes halogenated alkanes) is 1. The zero-order valence-electron chi connectivity index (χ0n) is 10.3. The molecule has 0 aromatic rings. The van der Waals surface area contributed by atoms with Crippen molar-refractivity contribution in [1.29, 1.82) is 0 Å². The Labute approximate surface area is 97.7 Å². The van der Waals surface area contributed by atoms with Crippen LogP contribution in [0.2, 0.25) is 0 Å².